The largest absolute Gasteiger partial charge is 0.508 e. The summed E-state index contributed by atoms with van der Waals surface area (Å²) in [4.78, 5) is 20.6. The Morgan fingerprint density at radius 1 is 1.23 bits per heavy atom. The van der Waals surface area contributed by atoms with E-state index in [9.17, 15) is 9.59 Å². The van der Waals surface area contributed by atoms with Crippen molar-refractivity contribution in [2.24, 2.45) is 0 Å². The van der Waals surface area contributed by atoms with Crippen LogP contribution >= 0.6 is 0 Å². The average molecular weight is 304 g/mol. The number of rotatable bonds is 5. The summed E-state index contributed by atoms with van der Waals surface area (Å²) in [6.07, 6.45) is 3.83. The van der Waals surface area contributed by atoms with Gasteiger partial charge in [-0.15, -0.1) is 0 Å². The van der Waals surface area contributed by atoms with Crippen LogP contribution in [0.3, 0.4) is 0 Å². The number of methoxy groups -OCH3 is 1. The fraction of sp³-hybridized carbons (Fsp3) is 0.176. The first-order valence-electron chi connectivity index (χ1n) is 6.38. The summed E-state index contributed by atoms with van der Waals surface area (Å²) in [6, 6.07) is 6.64. The minimum atomic E-state index is -0.981. The molecule has 0 saturated heterocycles. The number of aromatic hydroxyl groups is 1. The topological polar surface area (TPSA) is 83.8 Å². The van der Waals surface area contributed by atoms with Gasteiger partial charge in [-0.1, -0.05) is 37.4 Å². The highest BCUT2D eigenvalue weighted by Gasteiger charge is 1.99. The molecule has 0 amide bonds. The number of ether oxygens (including phenoxy) is 1. The van der Waals surface area contributed by atoms with E-state index in [1.54, 1.807) is 43.3 Å². The Kier molecular flexibility index (Phi) is 8.71. The number of allylic oxidation sites excluding steroid dienone is 1. The number of hydrogen-bond acceptors (Lipinski definition) is 4. The maximum absolute atomic E-state index is 10.4. The molecule has 5 nitrogen and oxygen atoms in total. The molecule has 0 radical (unpaired) electrons. The molecule has 0 saturated carbocycles. The highest BCUT2D eigenvalue weighted by atomic mass is 16.5. The van der Waals surface area contributed by atoms with Crippen LogP contribution in [0.25, 0.3) is 6.08 Å². The lowest BCUT2D eigenvalue weighted by Crippen LogP contribution is -1.98. The van der Waals surface area contributed by atoms with E-state index in [-0.39, 0.29) is 17.3 Å². The lowest BCUT2D eigenvalue weighted by Gasteiger charge is -1.95. The second-order valence-corrected chi connectivity index (χ2v) is 4.38. The van der Waals surface area contributed by atoms with Crippen LogP contribution in [0.5, 0.6) is 5.75 Å². The van der Waals surface area contributed by atoms with Gasteiger partial charge in [0.05, 0.1) is 7.11 Å². The molecule has 0 aliphatic carbocycles. The number of carboxylic acids is 1. The van der Waals surface area contributed by atoms with Crippen LogP contribution in [0.2, 0.25) is 0 Å². The third-order valence-corrected chi connectivity index (χ3v) is 2.40. The monoisotopic (exact) mass is 304 g/mol. The van der Waals surface area contributed by atoms with E-state index in [0.717, 1.165) is 5.56 Å². The lowest BCUT2D eigenvalue weighted by molar-refractivity contribution is -0.136. The fourth-order valence-electron chi connectivity index (χ4n) is 1.18. The van der Waals surface area contributed by atoms with E-state index < -0.39 is 5.97 Å². The summed E-state index contributed by atoms with van der Waals surface area (Å²) in [5, 5.41) is 17.6. The molecule has 5 heteroatoms. The predicted octanol–water partition coefficient (Wildman–Crippen LogP) is 3.17. The standard InChI is InChI=1S/C12H12O3.C5H8O2/c1-9(12(14)15)3-2-4-10-5-7-11(13)8-6-10;1-4(2)5(6)7-3/h2,4-8,13H,1,3H2,(H,14,15);1H2,2-3H3. The zero-order valence-electron chi connectivity index (χ0n) is 12.7. The quantitative estimate of drug-likeness (QED) is 0.645. The number of hydrogen-bond donors (Lipinski definition) is 2. The molecule has 1 aromatic rings. The summed E-state index contributed by atoms with van der Waals surface area (Å²) in [5.41, 5.74) is 1.50. The van der Waals surface area contributed by atoms with Gasteiger partial charge < -0.3 is 14.9 Å². The molecule has 118 valence electrons. The molecule has 0 atom stereocenters. The molecule has 0 spiro atoms. The van der Waals surface area contributed by atoms with Gasteiger partial charge in [-0.25, -0.2) is 9.59 Å². The molecule has 2 N–H and O–H groups in total. The van der Waals surface area contributed by atoms with E-state index in [4.69, 9.17) is 10.2 Å². The van der Waals surface area contributed by atoms with Gasteiger partial charge in [0.2, 0.25) is 0 Å². The Morgan fingerprint density at radius 2 is 1.77 bits per heavy atom. The van der Waals surface area contributed by atoms with Crippen molar-refractivity contribution in [3.63, 3.8) is 0 Å². The molecule has 0 aliphatic rings. The van der Waals surface area contributed by atoms with Crippen molar-refractivity contribution in [2.75, 3.05) is 7.11 Å². The summed E-state index contributed by atoms with van der Waals surface area (Å²) in [6.45, 7) is 8.36. The summed E-state index contributed by atoms with van der Waals surface area (Å²) < 4.78 is 4.27. The average Bonchev–Trinajstić information content (AvgIpc) is 2.48. The highest BCUT2D eigenvalue weighted by Crippen LogP contribution is 2.11. The number of carbonyl (C=O) groups is 2. The van der Waals surface area contributed by atoms with E-state index >= 15 is 0 Å². The molecule has 0 heterocycles. The number of carboxylic acid groups (broad SMARTS) is 1. The first-order valence-corrected chi connectivity index (χ1v) is 6.38. The molecule has 0 bridgehead atoms. The minimum Gasteiger partial charge on any atom is -0.508 e. The Balaban J connectivity index is 0.000000534. The number of benzene rings is 1. The highest BCUT2D eigenvalue weighted by molar-refractivity contribution is 5.86. The Morgan fingerprint density at radius 3 is 2.14 bits per heavy atom. The van der Waals surface area contributed by atoms with Crippen LogP contribution in [0.15, 0.2) is 54.6 Å². The van der Waals surface area contributed by atoms with Gasteiger partial charge in [0, 0.05) is 11.1 Å². The second-order valence-electron chi connectivity index (χ2n) is 4.38. The van der Waals surface area contributed by atoms with Crippen LogP contribution in [0.1, 0.15) is 18.9 Å². The molecule has 0 aliphatic heterocycles. The summed E-state index contributed by atoms with van der Waals surface area (Å²) in [5.74, 6) is -1.12. The maximum Gasteiger partial charge on any atom is 0.332 e. The van der Waals surface area contributed by atoms with Crippen molar-refractivity contribution in [3.05, 3.63) is 60.2 Å². The van der Waals surface area contributed by atoms with Crippen molar-refractivity contribution in [1.82, 2.24) is 0 Å². The number of aliphatic carboxylic acids is 1. The molecule has 22 heavy (non-hydrogen) atoms. The van der Waals surface area contributed by atoms with Crippen LogP contribution in [-0.4, -0.2) is 29.3 Å². The van der Waals surface area contributed by atoms with Gasteiger partial charge in [0.25, 0.3) is 0 Å². The van der Waals surface area contributed by atoms with Crippen molar-refractivity contribution in [1.29, 1.82) is 0 Å². The number of phenols is 1. The molecular formula is C17H20O5. The van der Waals surface area contributed by atoms with Gasteiger partial charge >= 0.3 is 11.9 Å². The van der Waals surface area contributed by atoms with E-state index in [1.165, 1.54) is 7.11 Å². The SMILES string of the molecule is C=C(C)C(=O)OC.C=C(CC=Cc1ccc(O)cc1)C(=O)O. The normalized spacial score (nSPS) is 9.55. The second kappa shape index (κ2) is 9.99. The van der Waals surface area contributed by atoms with E-state index in [1.807, 2.05) is 0 Å². The number of carbonyl (C=O) groups excluding carboxylic acids is 1. The van der Waals surface area contributed by atoms with Crippen LogP contribution in [0.4, 0.5) is 0 Å². The van der Waals surface area contributed by atoms with Crippen molar-refractivity contribution in [2.45, 2.75) is 13.3 Å². The van der Waals surface area contributed by atoms with Crippen LogP contribution in [0, 0.1) is 0 Å². The smallest absolute Gasteiger partial charge is 0.332 e. The molecular weight excluding hydrogens is 284 g/mol. The summed E-state index contributed by atoms with van der Waals surface area (Å²) in [7, 11) is 1.33. The molecule has 0 aromatic heterocycles. The molecule has 0 fully saturated rings. The zero-order valence-corrected chi connectivity index (χ0v) is 12.7. The minimum absolute atomic E-state index is 0.157. The fourth-order valence-corrected chi connectivity index (χ4v) is 1.18. The molecule has 1 rings (SSSR count). The van der Waals surface area contributed by atoms with Crippen molar-refractivity contribution < 1.29 is 24.5 Å². The van der Waals surface area contributed by atoms with Gasteiger partial charge in [-0.3, -0.25) is 0 Å². The molecule has 1 aromatic carbocycles. The molecule has 0 unspecified atom stereocenters. The Bertz CT molecular complexity index is 567. The predicted molar refractivity (Wildman–Crippen MR) is 85.4 cm³/mol. The van der Waals surface area contributed by atoms with Crippen LogP contribution < -0.4 is 0 Å². The maximum atomic E-state index is 10.4. The summed E-state index contributed by atoms with van der Waals surface area (Å²) >= 11 is 0. The van der Waals surface area contributed by atoms with Gasteiger partial charge in [0.15, 0.2) is 0 Å². The first kappa shape index (κ1) is 19.2. The first-order chi connectivity index (χ1) is 10.3. The van der Waals surface area contributed by atoms with Gasteiger partial charge in [0.1, 0.15) is 5.75 Å². The lowest BCUT2D eigenvalue weighted by atomic mass is 10.1. The van der Waals surface area contributed by atoms with Gasteiger partial charge in [-0.2, -0.15) is 0 Å². The number of esters is 1. The van der Waals surface area contributed by atoms with E-state index in [2.05, 4.69) is 17.9 Å². The van der Waals surface area contributed by atoms with Crippen LogP contribution in [-0.2, 0) is 14.3 Å². The third kappa shape index (κ3) is 8.37. The Hall–Kier alpha value is -2.82. The number of phenolic OH excluding ortho intramolecular Hbond substituents is 1. The van der Waals surface area contributed by atoms with E-state index in [0.29, 0.717) is 12.0 Å². The van der Waals surface area contributed by atoms with Gasteiger partial charge in [-0.05, 0) is 31.0 Å². The Labute approximate surface area is 129 Å². The van der Waals surface area contributed by atoms with Crippen molar-refractivity contribution in [3.8, 4) is 5.75 Å². The van der Waals surface area contributed by atoms with Crippen molar-refractivity contribution >= 4 is 18.0 Å². The zero-order chi connectivity index (χ0) is 17.1. The third-order valence-electron chi connectivity index (χ3n) is 2.40.